The Labute approximate surface area is 205 Å². The van der Waals surface area contributed by atoms with E-state index in [1.807, 2.05) is 45.0 Å². The number of carbonyl (C=O) groups excluding carboxylic acids is 2. The second kappa shape index (κ2) is 12.2. The van der Waals surface area contributed by atoms with Crippen molar-refractivity contribution in [2.24, 2.45) is 0 Å². The van der Waals surface area contributed by atoms with Crippen molar-refractivity contribution in [1.82, 2.24) is 10.2 Å². The molecule has 0 unspecified atom stereocenters. The molecule has 9 heteroatoms. The molecular formula is C24H32BrN3O4S. The van der Waals surface area contributed by atoms with Gasteiger partial charge in [0.1, 0.15) is 12.6 Å². The molecule has 2 aromatic carbocycles. The highest BCUT2D eigenvalue weighted by molar-refractivity contribution is 9.10. The molecule has 0 aliphatic rings. The number of amides is 2. The molecule has 0 aromatic heterocycles. The van der Waals surface area contributed by atoms with Gasteiger partial charge in [0.2, 0.25) is 21.8 Å². The zero-order chi connectivity index (χ0) is 24.6. The van der Waals surface area contributed by atoms with Crippen LogP contribution in [0.1, 0.15) is 37.8 Å². The molecule has 2 rings (SSSR count). The summed E-state index contributed by atoms with van der Waals surface area (Å²) in [5.74, 6) is -0.689. The zero-order valence-corrected chi connectivity index (χ0v) is 21.9. The van der Waals surface area contributed by atoms with E-state index in [1.54, 1.807) is 24.3 Å². The molecule has 0 heterocycles. The van der Waals surface area contributed by atoms with Gasteiger partial charge >= 0.3 is 0 Å². The maximum atomic E-state index is 13.6. The largest absolute Gasteiger partial charge is 0.354 e. The number of carbonyl (C=O) groups is 2. The number of halogens is 1. The van der Waals surface area contributed by atoms with Crippen molar-refractivity contribution in [3.05, 3.63) is 64.1 Å². The third-order valence-electron chi connectivity index (χ3n) is 5.34. The van der Waals surface area contributed by atoms with Gasteiger partial charge in [-0.25, -0.2) is 8.42 Å². The molecule has 7 nitrogen and oxygen atoms in total. The molecule has 0 saturated carbocycles. The van der Waals surface area contributed by atoms with Crippen LogP contribution in [0.15, 0.2) is 53.0 Å². The highest BCUT2D eigenvalue weighted by atomic mass is 79.9. The number of rotatable bonds is 11. The number of sulfonamides is 1. The van der Waals surface area contributed by atoms with Crippen LogP contribution >= 0.6 is 15.9 Å². The maximum absolute atomic E-state index is 13.6. The van der Waals surface area contributed by atoms with Gasteiger partial charge in [0.15, 0.2) is 0 Å². The van der Waals surface area contributed by atoms with Crippen molar-refractivity contribution in [1.29, 1.82) is 0 Å². The Hall–Kier alpha value is -2.39. The van der Waals surface area contributed by atoms with Gasteiger partial charge in [-0.3, -0.25) is 13.9 Å². The summed E-state index contributed by atoms with van der Waals surface area (Å²) in [6.07, 6.45) is 2.25. The number of benzene rings is 2. The SMILES string of the molecule is CCCNC(=O)[C@H](CC)N(Cc1ccccc1C)C(=O)CN(c1ccccc1Br)S(C)(=O)=O. The highest BCUT2D eigenvalue weighted by Crippen LogP contribution is 2.28. The van der Waals surface area contributed by atoms with Gasteiger partial charge in [-0.2, -0.15) is 0 Å². The summed E-state index contributed by atoms with van der Waals surface area (Å²) in [6.45, 7) is 6.05. The Kier molecular flexibility index (Phi) is 9.91. The number of hydrogen-bond acceptors (Lipinski definition) is 4. The van der Waals surface area contributed by atoms with Crippen molar-refractivity contribution in [3.8, 4) is 0 Å². The lowest BCUT2D eigenvalue weighted by Gasteiger charge is -2.33. The molecule has 2 aromatic rings. The zero-order valence-electron chi connectivity index (χ0n) is 19.5. The smallest absolute Gasteiger partial charge is 0.244 e. The summed E-state index contributed by atoms with van der Waals surface area (Å²) >= 11 is 3.38. The monoisotopic (exact) mass is 537 g/mol. The number of para-hydroxylation sites is 1. The molecule has 0 radical (unpaired) electrons. The number of anilines is 1. The lowest BCUT2D eigenvalue weighted by atomic mass is 10.1. The Morgan fingerprint density at radius 1 is 1.06 bits per heavy atom. The van der Waals surface area contributed by atoms with E-state index in [9.17, 15) is 18.0 Å². The van der Waals surface area contributed by atoms with Crippen LogP contribution in [0.5, 0.6) is 0 Å². The van der Waals surface area contributed by atoms with E-state index in [0.717, 1.165) is 28.1 Å². The van der Waals surface area contributed by atoms with Crippen LogP contribution in [-0.4, -0.2) is 50.5 Å². The fourth-order valence-corrected chi connectivity index (χ4v) is 4.98. The van der Waals surface area contributed by atoms with Crippen molar-refractivity contribution in [2.45, 2.75) is 46.2 Å². The Morgan fingerprint density at radius 3 is 2.27 bits per heavy atom. The molecule has 0 spiro atoms. The van der Waals surface area contributed by atoms with Crippen molar-refractivity contribution >= 4 is 43.5 Å². The van der Waals surface area contributed by atoms with E-state index in [2.05, 4.69) is 21.2 Å². The first-order valence-corrected chi connectivity index (χ1v) is 13.6. The first kappa shape index (κ1) is 26.9. The van der Waals surface area contributed by atoms with Crippen LogP contribution in [0.2, 0.25) is 0 Å². The topological polar surface area (TPSA) is 86.8 Å². The van der Waals surface area contributed by atoms with Crippen LogP contribution in [0.4, 0.5) is 5.69 Å². The summed E-state index contributed by atoms with van der Waals surface area (Å²) in [7, 11) is -3.76. The summed E-state index contributed by atoms with van der Waals surface area (Å²) in [4.78, 5) is 28.0. The van der Waals surface area contributed by atoms with E-state index < -0.39 is 28.5 Å². The summed E-state index contributed by atoms with van der Waals surface area (Å²) in [5, 5.41) is 2.87. The second-order valence-electron chi connectivity index (χ2n) is 7.88. The molecular weight excluding hydrogens is 506 g/mol. The average Bonchev–Trinajstić information content (AvgIpc) is 2.76. The van der Waals surface area contributed by atoms with E-state index in [1.165, 1.54) is 4.90 Å². The van der Waals surface area contributed by atoms with Gasteiger partial charge in [-0.1, -0.05) is 50.2 Å². The summed E-state index contributed by atoms with van der Waals surface area (Å²) < 4.78 is 26.9. The van der Waals surface area contributed by atoms with E-state index in [-0.39, 0.29) is 12.5 Å². The van der Waals surface area contributed by atoms with Crippen LogP contribution < -0.4 is 9.62 Å². The molecule has 33 heavy (non-hydrogen) atoms. The van der Waals surface area contributed by atoms with E-state index >= 15 is 0 Å². The van der Waals surface area contributed by atoms with Crippen molar-refractivity contribution < 1.29 is 18.0 Å². The molecule has 0 aliphatic carbocycles. The van der Waals surface area contributed by atoms with Crippen molar-refractivity contribution in [2.75, 3.05) is 23.7 Å². The summed E-state index contributed by atoms with van der Waals surface area (Å²) in [6, 6.07) is 13.8. The van der Waals surface area contributed by atoms with E-state index in [0.29, 0.717) is 23.1 Å². The normalized spacial score (nSPS) is 12.2. The molecule has 0 bridgehead atoms. The Bertz CT molecular complexity index is 1070. The van der Waals surface area contributed by atoms with Gasteiger partial charge in [0.25, 0.3) is 0 Å². The Balaban J connectivity index is 2.45. The van der Waals surface area contributed by atoms with Gasteiger partial charge in [-0.15, -0.1) is 0 Å². The van der Waals surface area contributed by atoms with Crippen LogP contribution in [0.3, 0.4) is 0 Å². The number of aryl methyl sites for hydroxylation is 1. The quantitative estimate of drug-likeness (QED) is 0.471. The lowest BCUT2D eigenvalue weighted by Crippen LogP contribution is -2.52. The second-order valence-corrected chi connectivity index (χ2v) is 10.6. The Morgan fingerprint density at radius 2 is 1.70 bits per heavy atom. The number of hydrogen-bond donors (Lipinski definition) is 1. The van der Waals surface area contributed by atoms with Crippen LogP contribution in [0.25, 0.3) is 0 Å². The van der Waals surface area contributed by atoms with Crippen LogP contribution in [-0.2, 0) is 26.2 Å². The average molecular weight is 539 g/mol. The predicted octanol–water partition coefficient (Wildman–Crippen LogP) is 3.86. The van der Waals surface area contributed by atoms with Crippen LogP contribution in [0, 0.1) is 6.92 Å². The molecule has 0 fully saturated rings. The van der Waals surface area contributed by atoms with Gasteiger partial charge in [0.05, 0.1) is 11.9 Å². The maximum Gasteiger partial charge on any atom is 0.244 e. The molecule has 180 valence electrons. The van der Waals surface area contributed by atoms with Gasteiger partial charge < -0.3 is 10.2 Å². The standard InChI is InChI=1S/C24H32BrN3O4S/c1-5-15-26-24(30)21(6-2)27(16-19-12-8-7-11-18(19)3)23(29)17-28(33(4,31)32)22-14-10-9-13-20(22)25/h7-14,21H,5-6,15-17H2,1-4H3,(H,26,30)/t21-/m0/s1. The number of nitrogens with zero attached hydrogens (tertiary/aromatic N) is 2. The molecule has 1 atom stereocenters. The minimum Gasteiger partial charge on any atom is -0.354 e. The first-order valence-electron chi connectivity index (χ1n) is 10.9. The summed E-state index contributed by atoms with van der Waals surface area (Å²) in [5.41, 5.74) is 2.26. The fourth-order valence-electron chi connectivity index (χ4n) is 3.51. The lowest BCUT2D eigenvalue weighted by molar-refractivity contribution is -0.140. The minimum absolute atomic E-state index is 0.205. The number of nitrogens with one attached hydrogen (secondary N) is 1. The van der Waals surface area contributed by atoms with Crippen molar-refractivity contribution in [3.63, 3.8) is 0 Å². The highest BCUT2D eigenvalue weighted by Gasteiger charge is 2.32. The van der Waals surface area contributed by atoms with Gasteiger partial charge in [-0.05, 0) is 59.0 Å². The fraction of sp³-hybridized carbons (Fsp3) is 0.417. The van der Waals surface area contributed by atoms with Gasteiger partial charge in [0, 0.05) is 17.6 Å². The van der Waals surface area contributed by atoms with E-state index in [4.69, 9.17) is 0 Å². The first-order chi connectivity index (χ1) is 15.6. The molecule has 1 N–H and O–H groups in total. The third kappa shape index (κ3) is 7.30. The predicted molar refractivity (Wildman–Crippen MR) is 135 cm³/mol. The molecule has 2 amide bonds. The third-order valence-corrected chi connectivity index (χ3v) is 7.13. The molecule has 0 saturated heterocycles. The molecule has 0 aliphatic heterocycles. The minimum atomic E-state index is -3.76.